The second-order valence-electron chi connectivity index (χ2n) is 6.84. The molecule has 106 valence electrons. The van der Waals surface area contributed by atoms with Crippen LogP contribution in [0.25, 0.3) is 0 Å². The molecule has 3 aliphatic rings. The third-order valence-corrected chi connectivity index (χ3v) is 5.84. The lowest BCUT2D eigenvalue weighted by Gasteiger charge is -2.31. The number of benzene rings is 1. The van der Waals surface area contributed by atoms with Gasteiger partial charge in [0.2, 0.25) is 0 Å². The summed E-state index contributed by atoms with van der Waals surface area (Å²) in [7, 11) is 0. The molecule has 2 heteroatoms. The number of esters is 1. The van der Waals surface area contributed by atoms with Crippen LogP contribution in [0.4, 0.5) is 0 Å². The summed E-state index contributed by atoms with van der Waals surface area (Å²) in [6.07, 6.45) is 7.28. The maximum atomic E-state index is 12.1. The normalized spacial score (nSPS) is 37.9. The maximum Gasteiger partial charge on any atom is 0.310 e. The van der Waals surface area contributed by atoms with Gasteiger partial charge in [-0.25, -0.2) is 0 Å². The predicted octanol–water partition coefficient (Wildman–Crippen LogP) is 3.60. The predicted molar refractivity (Wildman–Crippen MR) is 77.1 cm³/mol. The van der Waals surface area contributed by atoms with Crippen LogP contribution in [-0.4, -0.2) is 12.1 Å². The van der Waals surface area contributed by atoms with Gasteiger partial charge in [-0.2, -0.15) is 0 Å². The molecule has 0 saturated heterocycles. The Labute approximate surface area is 120 Å². The molecule has 0 N–H and O–H groups in total. The van der Waals surface area contributed by atoms with Crippen molar-refractivity contribution in [1.29, 1.82) is 0 Å². The van der Waals surface area contributed by atoms with Crippen molar-refractivity contribution in [3.63, 3.8) is 0 Å². The van der Waals surface area contributed by atoms with Crippen LogP contribution in [0.2, 0.25) is 0 Å². The number of hydrogen-bond donors (Lipinski definition) is 0. The Kier molecular flexibility index (Phi) is 3.05. The minimum atomic E-state index is -0.0386. The third-order valence-electron chi connectivity index (χ3n) is 5.84. The Morgan fingerprint density at radius 1 is 1.05 bits per heavy atom. The molecule has 5 atom stereocenters. The van der Waals surface area contributed by atoms with E-state index >= 15 is 0 Å². The van der Waals surface area contributed by atoms with E-state index in [-0.39, 0.29) is 12.1 Å². The smallest absolute Gasteiger partial charge is 0.310 e. The van der Waals surface area contributed by atoms with Gasteiger partial charge in [0.15, 0.2) is 0 Å². The van der Waals surface area contributed by atoms with Crippen LogP contribution in [-0.2, 0) is 16.0 Å². The molecule has 2 bridgehead atoms. The topological polar surface area (TPSA) is 26.3 Å². The molecule has 3 aliphatic carbocycles. The summed E-state index contributed by atoms with van der Waals surface area (Å²) in [4.78, 5) is 12.1. The summed E-state index contributed by atoms with van der Waals surface area (Å²) in [5.41, 5.74) is 1.05. The number of hydrogen-bond acceptors (Lipinski definition) is 2. The number of carbonyl (C=O) groups excluding carboxylic acids is 1. The van der Waals surface area contributed by atoms with Gasteiger partial charge in [0.05, 0.1) is 6.42 Å². The van der Waals surface area contributed by atoms with Crippen molar-refractivity contribution < 1.29 is 9.53 Å². The van der Waals surface area contributed by atoms with Gasteiger partial charge in [-0.3, -0.25) is 4.79 Å². The number of carbonyl (C=O) groups is 1. The van der Waals surface area contributed by atoms with Gasteiger partial charge in [-0.15, -0.1) is 0 Å². The van der Waals surface area contributed by atoms with Gasteiger partial charge >= 0.3 is 5.97 Å². The first-order valence-electron chi connectivity index (χ1n) is 8.04. The molecule has 0 amide bonds. The minimum absolute atomic E-state index is 0.0386. The van der Waals surface area contributed by atoms with Crippen molar-refractivity contribution in [2.75, 3.05) is 0 Å². The second kappa shape index (κ2) is 4.91. The highest BCUT2D eigenvalue weighted by Gasteiger charge is 2.55. The van der Waals surface area contributed by atoms with E-state index in [2.05, 4.69) is 0 Å². The zero-order chi connectivity index (χ0) is 13.5. The van der Waals surface area contributed by atoms with E-state index in [1.165, 1.54) is 25.7 Å². The largest absolute Gasteiger partial charge is 0.462 e. The third kappa shape index (κ3) is 2.06. The van der Waals surface area contributed by atoms with E-state index in [1.807, 2.05) is 30.3 Å². The fraction of sp³-hybridized carbons (Fsp3) is 0.611. The fourth-order valence-corrected chi connectivity index (χ4v) is 5.11. The lowest BCUT2D eigenvalue weighted by molar-refractivity contribution is -0.152. The van der Waals surface area contributed by atoms with Crippen LogP contribution in [0.1, 0.15) is 37.7 Å². The molecule has 1 aromatic carbocycles. The molecule has 0 unspecified atom stereocenters. The minimum Gasteiger partial charge on any atom is -0.462 e. The van der Waals surface area contributed by atoms with Crippen molar-refractivity contribution >= 4 is 5.97 Å². The van der Waals surface area contributed by atoms with Crippen molar-refractivity contribution in [1.82, 2.24) is 0 Å². The highest BCUT2D eigenvalue weighted by Crippen LogP contribution is 2.59. The van der Waals surface area contributed by atoms with Crippen LogP contribution in [0.15, 0.2) is 30.3 Å². The van der Waals surface area contributed by atoms with E-state index in [0.717, 1.165) is 29.7 Å². The molecule has 0 spiro atoms. The molecule has 20 heavy (non-hydrogen) atoms. The zero-order valence-corrected chi connectivity index (χ0v) is 11.8. The van der Waals surface area contributed by atoms with E-state index in [0.29, 0.717) is 12.3 Å². The molecule has 1 aromatic rings. The zero-order valence-electron chi connectivity index (χ0n) is 11.8. The monoisotopic (exact) mass is 270 g/mol. The van der Waals surface area contributed by atoms with Gasteiger partial charge in [0.1, 0.15) is 6.10 Å². The summed E-state index contributed by atoms with van der Waals surface area (Å²) >= 11 is 0. The van der Waals surface area contributed by atoms with Gasteiger partial charge in [0.25, 0.3) is 0 Å². The quantitative estimate of drug-likeness (QED) is 0.784. The summed E-state index contributed by atoms with van der Waals surface area (Å²) in [5.74, 6) is 3.31. The molecular formula is C18H22O2. The number of ether oxygens (including phenoxy) is 1. The Morgan fingerprint density at radius 2 is 1.85 bits per heavy atom. The first-order chi connectivity index (χ1) is 9.81. The summed E-state index contributed by atoms with van der Waals surface area (Å²) < 4.78 is 5.82. The highest BCUT2D eigenvalue weighted by molar-refractivity contribution is 5.72. The van der Waals surface area contributed by atoms with E-state index in [9.17, 15) is 4.79 Å². The molecule has 0 aromatic heterocycles. The molecule has 3 fully saturated rings. The average molecular weight is 270 g/mol. The molecule has 0 heterocycles. The lowest BCUT2D eigenvalue weighted by Crippen LogP contribution is -2.32. The number of rotatable bonds is 3. The average Bonchev–Trinajstić information content (AvgIpc) is 3.11. The van der Waals surface area contributed by atoms with E-state index < -0.39 is 0 Å². The van der Waals surface area contributed by atoms with Crippen LogP contribution in [0.5, 0.6) is 0 Å². The fourth-order valence-electron chi connectivity index (χ4n) is 5.11. The molecule has 0 aliphatic heterocycles. The van der Waals surface area contributed by atoms with Crippen molar-refractivity contribution in [3.05, 3.63) is 35.9 Å². The Hall–Kier alpha value is -1.31. The molecule has 4 rings (SSSR count). The highest BCUT2D eigenvalue weighted by atomic mass is 16.5. The lowest BCUT2D eigenvalue weighted by atomic mass is 9.80. The summed E-state index contributed by atoms with van der Waals surface area (Å²) in [5, 5.41) is 0. The first kappa shape index (κ1) is 12.4. The van der Waals surface area contributed by atoms with Gasteiger partial charge in [-0.1, -0.05) is 36.8 Å². The second-order valence-corrected chi connectivity index (χ2v) is 6.84. The molecule has 0 radical (unpaired) electrons. The van der Waals surface area contributed by atoms with Crippen molar-refractivity contribution in [2.24, 2.45) is 23.7 Å². The molecule has 2 nitrogen and oxygen atoms in total. The van der Waals surface area contributed by atoms with E-state index in [1.54, 1.807) is 0 Å². The van der Waals surface area contributed by atoms with Gasteiger partial charge < -0.3 is 4.74 Å². The van der Waals surface area contributed by atoms with E-state index in [4.69, 9.17) is 4.74 Å². The first-order valence-corrected chi connectivity index (χ1v) is 8.04. The standard InChI is InChI=1S/C18H22O2/c19-18(9-12-5-2-1-3-6-12)20-17-11-13-10-16(17)15-8-4-7-14(13)15/h1-3,5-6,13-17H,4,7-11H2/t13-,14-,15+,16-,17+/m1/s1. The van der Waals surface area contributed by atoms with Crippen molar-refractivity contribution in [3.8, 4) is 0 Å². The summed E-state index contributed by atoms with van der Waals surface area (Å²) in [6, 6.07) is 9.92. The maximum absolute atomic E-state index is 12.1. The Bertz CT molecular complexity index is 495. The molecular weight excluding hydrogens is 248 g/mol. The van der Waals surface area contributed by atoms with Crippen LogP contribution in [0, 0.1) is 23.7 Å². The van der Waals surface area contributed by atoms with Gasteiger partial charge in [0, 0.05) is 0 Å². The van der Waals surface area contributed by atoms with Crippen LogP contribution in [0.3, 0.4) is 0 Å². The molecule has 3 saturated carbocycles. The van der Waals surface area contributed by atoms with Crippen LogP contribution >= 0.6 is 0 Å². The Morgan fingerprint density at radius 3 is 2.70 bits per heavy atom. The Balaban J connectivity index is 1.37. The number of fused-ring (bicyclic) bond motifs is 5. The summed E-state index contributed by atoms with van der Waals surface area (Å²) in [6.45, 7) is 0. The van der Waals surface area contributed by atoms with Gasteiger partial charge in [-0.05, 0) is 54.9 Å². The SMILES string of the molecule is O=C(Cc1ccccc1)O[C@H]1C[C@H]2C[C@@H]1[C@H]1CCC[C@H]21. The van der Waals surface area contributed by atoms with Crippen molar-refractivity contribution in [2.45, 2.75) is 44.6 Å². The van der Waals surface area contributed by atoms with Crippen LogP contribution < -0.4 is 0 Å².